The van der Waals surface area contributed by atoms with Crippen molar-refractivity contribution in [2.45, 2.75) is 6.54 Å². The van der Waals surface area contributed by atoms with Crippen LogP contribution in [0.2, 0.25) is 0 Å². The topological polar surface area (TPSA) is 17.8 Å². The second kappa shape index (κ2) is 6.17. The van der Waals surface area contributed by atoms with Crippen LogP contribution in [-0.4, -0.2) is 9.55 Å². The minimum atomic E-state index is 0.619. The van der Waals surface area contributed by atoms with E-state index in [1.165, 1.54) is 0 Å². The van der Waals surface area contributed by atoms with E-state index in [4.69, 9.17) is 0 Å². The molecule has 1 rings (SSSR count). The van der Waals surface area contributed by atoms with Crippen LogP contribution in [0.25, 0.3) is 12.2 Å². The molecule has 0 unspecified atom stereocenters. The predicted octanol–water partition coefficient (Wildman–Crippen LogP) is 3.38. The molecule has 1 heterocycles. The number of aromatic nitrogens is 2. The van der Waals surface area contributed by atoms with Gasteiger partial charge in [-0.3, -0.25) is 0 Å². The molecule has 0 aliphatic rings. The second-order valence-electron chi connectivity index (χ2n) is 3.35. The summed E-state index contributed by atoms with van der Waals surface area (Å²) < 4.78 is 1.94. The van der Waals surface area contributed by atoms with E-state index in [0.29, 0.717) is 6.54 Å². The van der Waals surface area contributed by atoms with E-state index < -0.39 is 0 Å². The van der Waals surface area contributed by atoms with Crippen molar-refractivity contribution in [3.63, 3.8) is 0 Å². The van der Waals surface area contributed by atoms with Crippen LogP contribution in [0.3, 0.4) is 0 Å². The molecule has 0 aliphatic carbocycles. The quantitative estimate of drug-likeness (QED) is 0.551. The zero-order valence-corrected chi connectivity index (χ0v) is 9.74. The summed E-state index contributed by atoms with van der Waals surface area (Å²) in [5.74, 6) is 0. The Morgan fingerprint density at radius 1 is 1.24 bits per heavy atom. The van der Waals surface area contributed by atoms with Gasteiger partial charge in [0.25, 0.3) is 0 Å². The number of hydrogen-bond acceptors (Lipinski definition) is 1. The Balaban J connectivity index is 3.15. The van der Waals surface area contributed by atoms with Crippen molar-refractivity contribution >= 4 is 12.2 Å². The largest absolute Gasteiger partial charge is 0.326 e. The molecule has 0 fully saturated rings. The third-order valence-corrected chi connectivity index (χ3v) is 2.07. The van der Waals surface area contributed by atoms with Gasteiger partial charge in [-0.2, -0.15) is 0 Å². The molecular formula is C15H14N2. The zero-order valence-electron chi connectivity index (χ0n) is 9.74. The molecule has 0 aromatic carbocycles. The van der Waals surface area contributed by atoms with Gasteiger partial charge < -0.3 is 4.57 Å². The monoisotopic (exact) mass is 222 g/mol. The molecular weight excluding hydrogens is 208 g/mol. The summed E-state index contributed by atoms with van der Waals surface area (Å²) in [7, 11) is 0. The Bertz CT molecular complexity index is 568. The van der Waals surface area contributed by atoms with Gasteiger partial charge in [0, 0.05) is 18.7 Å². The van der Waals surface area contributed by atoms with Gasteiger partial charge in [-0.15, -0.1) is 17.2 Å². The summed E-state index contributed by atoms with van der Waals surface area (Å²) in [6.07, 6.45) is 6.95. The van der Waals surface area contributed by atoms with Crippen LogP contribution in [0.4, 0.5) is 0 Å². The molecule has 0 saturated carbocycles. The predicted molar refractivity (Wildman–Crippen MR) is 72.3 cm³/mol. The zero-order chi connectivity index (χ0) is 12.7. The molecule has 1 aromatic rings. The molecule has 2 nitrogen and oxygen atoms in total. The average Bonchev–Trinajstić information content (AvgIpc) is 2.64. The third-order valence-electron chi connectivity index (χ3n) is 2.07. The van der Waals surface area contributed by atoms with E-state index >= 15 is 0 Å². The van der Waals surface area contributed by atoms with E-state index in [1.54, 1.807) is 24.6 Å². The van der Waals surface area contributed by atoms with Crippen molar-refractivity contribution in [2.75, 3.05) is 0 Å². The van der Waals surface area contributed by atoms with Gasteiger partial charge in [0.05, 0.1) is 17.7 Å². The maximum Gasteiger partial charge on any atom is 0.0967 e. The Morgan fingerprint density at radius 2 is 1.94 bits per heavy atom. The molecule has 0 N–H and O–H groups in total. The van der Waals surface area contributed by atoms with E-state index in [-0.39, 0.29) is 0 Å². The molecule has 0 aliphatic heterocycles. The van der Waals surface area contributed by atoms with Crippen molar-refractivity contribution in [1.29, 1.82) is 0 Å². The van der Waals surface area contributed by atoms with Gasteiger partial charge in [-0.25, -0.2) is 4.98 Å². The van der Waals surface area contributed by atoms with Crippen LogP contribution < -0.4 is 0 Å². The van der Waals surface area contributed by atoms with Crippen LogP contribution >= 0.6 is 0 Å². The van der Waals surface area contributed by atoms with Crippen LogP contribution in [0.1, 0.15) is 11.4 Å². The fourth-order valence-corrected chi connectivity index (χ4v) is 1.40. The molecule has 17 heavy (non-hydrogen) atoms. The lowest BCUT2D eigenvalue weighted by Gasteiger charge is -2.04. The Labute approximate surface area is 102 Å². The van der Waals surface area contributed by atoms with Crippen molar-refractivity contribution in [3.05, 3.63) is 72.9 Å². The molecule has 84 valence electrons. The highest BCUT2D eigenvalue weighted by atomic mass is 15.1. The van der Waals surface area contributed by atoms with Gasteiger partial charge in [0.2, 0.25) is 0 Å². The molecule has 0 spiro atoms. The Kier molecular flexibility index (Phi) is 4.57. The third kappa shape index (κ3) is 3.24. The first-order chi connectivity index (χ1) is 8.22. The molecule has 0 bridgehead atoms. The minimum Gasteiger partial charge on any atom is -0.326 e. The fourth-order valence-electron chi connectivity index (χ4n) is 1.40. The van der Waals surface area contributed by atoms with Crippen molar-refractivity contribution < 1.29 is 0 Å². The standard InChI is InChI=1S/C15H14N2/c1-5-8-13(4)11-17-12-16-14(9-6-2)15(17)10-7-3/h8-10,12H,1-4,11H2. The lowest BCUT2D eigenvalue weighted by molar-refractivity contribution is 0.791. The van der Waals surface area contributed by atoms with Gasteiger partial charge in [0.1, 0.15) is 0 Å². The first kappa shape index (κ1) is 12.6. The van der Waals surface area contributed by atoms with Crippen LogP contribution in [-0.2, 0) is 6.54 Å². The van der Waals surface area contributed by atoms with Crippen LogP contribution in [0.5, 0.6) is 0 Å². The van der Waals surface area contributed by atoms with Gasteiger partial charge in [0.15, 0.2) is 0 Å². The molecule has 0 amide bonds. The highest BCUT2D eigenvalue weighted by Gasteiger charge is 2.05. The number of rotatable bonds is 5. The first-order valence-electron chi connectivity index (χ1n) is 5.03. The number of nitrogens with zero attached hydrogens (tertiary/aromatic N) is 2. The summed E-state index contributed by atoms with van der Waals surface area (Å²) in [4.78, 5) is 4.25. The van der Waals surface area contributed by atoms with Gasteiger partial charge in [-0.1, -0.05) is 26.3 Å². The highest BCUT2D eigenvalue weighted by molar-refractivity contribution is 5.59. The molecule has 2 heteroatoms. The highest BCUT2D eigenvalue weighted by Crippen LogP contribution is 2.13. The maximum atomic E-state index is 4.25. The van der Waals surface area contributed by atoms with E-state index in [0.717, 1.165) is 17.0 Å². The summed E-state index contributed by atoms with van der Waals surface area (Å²) in [5.41, 5.74) is 10.7. The van der Waals surface area contributed by atoms with Crippen LogP contribution in [0.15, 0.2) is 61.5 Å². The second-order valence-corrected chi connectivity index (χ2v) is 3.35. The minimum absolute atomic E-state index is 0.619. The smallest absolute Gasteiger partial charge is 0.0967 e. The fraction of sp³-hybridized carbons (Fsp3) is 0.0667. The lowest BCUT2D eigenvalue weighted by Crippen LogP contribution is -1.99. The molecule has 0 saturated heterocycles. The first-order valence-corrected chi connectivity index (χ1v) is 5.03. The average molecular weight is 222 g/mol. The molecule has 0 atom stereocenters. The number of imidazole rings is 1. The van der Waals surface area contributed by atoms with Crippen molar-refractivity contribution in [2.24, 2.45) is 0 Å². The van der Waals surface area contributed by atoms with Gasteiger partial charge in [-0.05, 0) is 11.6 Å². The summed E-state index contributed by atoms with van der Waals surface area (Å²) >= 11 is 0. The van der Waals surface area contributed by atoms with E-state index in [2.05, 4.69) is 48.5 Å². The summed E-state index contributed by atoms with van der Waals surface area (Å²) in [6.45, 7) is 15.1. The number of allylic oxidation sites excluding steroid dienone is 2. The maximum absolute atomic E-state index is 4.25. The van der Waals surface area contributed by atoms with Gasteiger partial charge >= 0.3 is 0 Å². The summed E-state index contributed by atoms with van der Waals surface area (Å²) in [5, 5.41) is 0. The summed E-state index contributed by atoms with van der Waals surface area (Å²) in [6, 6.07) is 0. The Hall–Kier alpha value is -2.49. The van der Waals surface area contributed by atoms with Crippen molar-refractivity contribution in [3.8, 4) is 0 Å². The van der Waals surface area contributed by atoms with Crippen molar-refractivity contribution in [1.82, 2.24) is 9.55 Å². The normalized spacial score (nSPS) is 8.47. The van der Waals surface area contributed by atoms with E-state index in [9.17, 15) is 0 Å². The lowest BCUT2D eigenvalue weighted by atomic mass is 10.2. The molecule has 0 radical (unpaired) electrons. The molecule has 1 aromatic heterocycles. The Morgan fingerprint density at radius 3 is 2.53 bits per heavy atom. The van der Waals surface area contributed by atoms with Crippen LogP contribution in [0, 0.1) is 0 Å². The SMILES string of the molecule is C=C=CC(=C)Cn1cnc(C=C=C)c1C=C=C. The van der Waals surface area contributed by atoms with E-state index in [1.807, 2.05) is 4.57 Å². The number of hydrogen-bond donors (Lipinski definition) is 0.